The van der Waals surface area contributed by atoms with Crippen LogP contribution in [0.3, 0.4) is 0 Å². The van der Waals surface area contributed by atoms with Crippen molar-refractivity contribution < 1.29 is 9.53 Å². The number of esters is 1. The van der Waals surface area contributed by atoms with Crippen molar-refractivity contribution in [2.24, 2.45) is 0 Å². The molecule has 4 heteroatoms. The summed E-state index contributed by atoms with van der Waals surface area (Å²) < 4.78 is 6.98. The molecule has 0 radical (unpaired) electrons. The summed E-state index contributed by atoms with van der Waals surface area (Å²) in [6, 6.07) is 9.58. The number of fused-ring (bicyclic) bond motifs is 3. The fraction of sp³-hybridized carbons (Fsp3) is 0.143. The van der Waals surface area contributed by atoms with Gasteiger partial charge in [-0.1, -0.05) is 12.1 Å². The highest BCUT2D eigenvalue weighted by atomic mass is 16.5. The van der Waals surface area contributed by atoms with E-state index in [9.17, 15) is 4.79 Å². The minimum atomic E-state index is -0.308. The Balaban J connectivity index is 2.26. The lowest BCUT2D eigenvalue weighted by molar-refractivity contribution is 0.0529. The number of nitrogens with zero attached hydrogens (tertiary/aromatic N) is 2. The first-order valence-electron chi connectivity index (χ1n) is 5.83. The predicted octanol–water partition coefficient (Wildman–Crippen LogP) is 2.66. The maximum Gasteiger partial charge on any atom is 0.340 e. The van der Waals surface area contributed by atoms with Gasteiger partial charge in [-0.25, -0.2) is 4.79 Å². The molecule has 0 aliphatic heterocycles. The number of para-hydroxylation sites is 2. The Kier molecular flexibility index (Phi) is 2.48. The van der Waals surface area contributed by atoms with Crippen LogP contribution >= 0.6 is 0 Å². The smallest absolute Gasteiger partial charge is 0.340 e. The van der Waals surface area contributed by atoms with Gasteiger partial charge in [-0.2, -0.15) is 0 Å². The maximum atomic E-state index is 11.8. The molecule has 0 aliphatic rings. The fourth-order valence-electron chi connectivity index (χ4n) is 2.08. The second-order valence-electron chi connectivity index (χ2n) is 3.95. The van der Waals surface area contributed by atoms with Crippen molar-refractivity contribution in [3.05, 3.63) is 48.3 Å². The molecular weight excluding hydrogens is 228 g/mol. The van der Waals surface area contributed by atoms with E-state index >= 15 is 0 Å². The first-order chi connectivity index (χ1) is 8.81. The van der Waals surface area contributed by atoms with Crippen molar-refractivity contribution in [1.29, 1.82) is 0 Å². The lowest BCUT2D eigenvalue weighted by atomic mass is 10.2. The first-order valence-corrected chi connectivity index (χ1v) is 5.83. The number of hydrogen-bond donors (Lipinski definition) is 0. The summed E-state index contributed by atoms with van der Waals surface area (Å²) in [6.07, 6.45) is 3.57. The summed E-state index contributed by atoms with van der Waals surface area (Å²) in [5.74, 6) is -0.308. The van der Waals surface area contributed by atoms with Crippen molar-refractivity contribution in [3.8, 4) is 0 Å². The Labute approximate surface area is 104 Å². The second-order valence-corrected chi connectivity index (χ2v) is 3.95. The monoisotopic (exact) mass is 240 g/mol. The second kappa shape index (κ2) is 4.14. The van der Waals surface area contributed by atoms with Crippen molar-refractivity contribution in [2.75, 3.05) is 6.61 Å². The normalized spacial score (nSPS) is 10.9. The van der Waals surface area contributed by atoms with Crippen molar-refractivity contribution >= 4 is 22.5 Å². The van der Waals surface area contributed by atoms with Crippen LogP contribution in [0.4, 0.5) is 0 Å². The van der Waals surface area contributed by atoms with E-state index in [0.29, 0.717) is 12.2 Å². The number of aromatic nitrogens is 2. The SMILES string of the molecule is CCOC(=O)c1ccn2c1cnc1ccccc12. The molecule has 4 nitrogen and oxygen atoms in total. The minimum Gasteiger partial charge on any atom is -0.462 e. The lowest BCUT2D eigenvalue weighted by Crippen LogP contribution is -2.04. The van der Waals surface area contributed by atoms with E-state index in [1.807, 2.05) is 34.9 Å². The summed E-state index contributed by atoms with van der Waals surface area (Å²) in [5.41, 5.74) is 3.20. The zero-order chi connectivity index (χ0) is 12.5. The third-order valence-corrected chi connectivity index (χ3v) is 2.89. The predicted molar refractivity (Wildman–Crippen MR) is 68.7 cm³/mol. The average Bonchev–Trinajstić information content (AvgIpc) is 2.83. The highest BCUT2D eigenvalue weighted by molar-refractivity contribution is 5.98. The highest BCUT2D eigenvalue weighted by Crippen LogP contribution is 2.19. The lowest BCUT2D eigenvalue weighted by Gasteiger charge is -2.03. The molecule has 90 valence electrons. The summed E-state index contributed by atoms with van der Waals surface area (Å²) in [4.78, 5) is 16.1. The average molecular weight is 240 g/mol. The van der Waals surface area contributed by atoms with Gasteiger partial charge in [0.15, 0.2) is 0 Å². The van der Waals surface area contributed by atoms with Crippen molar-refractivity contribution in [2.45, 2.75) is 6.92 Å². The topological polar surface area (TPSA) is 43.6 Å². The van der Waals surface area contributed by atoms with Crippen molar-refractivity contribution in [3.63, 3.8) is 0 Å². The molecule has 0 spiro atoms. The number of benzene rings is 1. The Bertz CT molecular complexity index is 731. The quantitative estimate of drug-likeness (QED) is 0.647. The molecule has 0 amide bonds. The molecule has 2 aromatic heterocycles. The van der Waals surface area contributed by atoms with E-state index in [4.69, 9.17) is 4.74 Å². The zero-order valence-electron chi connectivity index (χ0n) is 9.96. The molecule has 2 heterocycles. The van der Waals surface area contributed by atoms with Crippen LogP contribution in [0, 0.1) is 0 Å². The van der Waals surface area contributed by atoms with Gasteiger partial charge in [0, 0.05) is 6.20 Å². The van der Waals surface area contributed by atoms with Crippen molar-refractivity contribution in [1.82, 2.24) is 9.38 Å². The van der Waals surface area contributed by atoms with Crippen LogP contribution in [-0.4, -0.2) is 22.0 Å². The van der Waals surface area contributed by atoms with E-state index in [1.54, 1.807) is 19.2 Å². The maximum absolute atomic E-state index is 11.8. The van der Waals surface area contributed by atoms with E-state index in [2.05, 4.69) is 4.98 Å². The molecule has 18 heavy (non-hydrogen) atoms. The van der Waals surface area contributed by atoms with Crippen LogP contribution < -0.4 is 0 Å². The van der Waals surface area contributed by atoms with Gasteiger partial charge in [0.05, 0.1) is 34.9 Å². The van der Waals surface area contributed by atoms with E-state index < -0.39 is 0 Å². The number of carbonyl (C=O) groups excluding carboxylic acids is 1. The van der Waals surface area contributed by atoms with Gasteiger partial charge in [-0.05, 0) is 25.1 Å². The Hall–Kier alpha value is -2.36. The fourth-order valence-corrected chi connectivity index (χ4v) is 2.08. The van der Waals surface area contributed by atoms with Crippen LogP contribution in [0.5, 0.6) is 0 Å². The third-order valence-electron chi connectivity index (χ3n) is 2.89. The summed E-state index contributed by atoms with van der Waals surface area (Å²) in [7, 11) is 0. The molecule has 0 saturated carbocycles. The standard InChI is InChI=1S/C14H12N2O2/c1-2-18-14(17)10-7-8-16-12-6-4-3-5-11(12)15-9-13(10)16/h3-9H,2H2,1H3. The number of hydrogen-bond acceptors (Lipinski definition) is 3. The van der Waals surface area contributed by atoms with Gasteiger partial charge >= 0.3 is 5.97 Å². The first kappa shape index (κ1) is 10.8. The van der Waals surface area contributed by atoms with Gasteiger partial charge in [0.25, 0.3) is 0 Å². The number of rotatable bonds is 2. The van der Waals surface area contributed by atoms with E-state index in [1.165, 1.54) is 0 Å². The van der Waals surface area contributed by atoms with Gasteiger partial charge in [0.2, 0.25) is 0 Å². The summed E-state index contributed by atoms with van der Waals surface area (Å²) >= 11 is 0. The van der Waals surface area contributed by atoms with Crippen LogP contribution in [0.25, 0.3) is 16.6 Å². The molecule has 3 rings (SSSR count). The molecule has 1 aromatic carbocycles. The van der Waals surface area contributed by atoms with Gasteiger partial charge in [-0.15, -0.1) is 0 Å². The third kappa shape index (κ3) is 1.54. The van der Waals surface area contributed by atoms with Crippen LogP contribution in [-0.2, 0) is 4.74 Å². The molecule has 0 N–H and O–H groups in total. The van der Waals surface area contributed by atoms with Crippen LogP contribution in [0.15, 0.2) is 42.7 Å². The van der Waals surface area contributed by atoms with Crippen LogP contribution in [0.2, 0.25) is 0 Å². The zero-order valence-corrected chi connectivity index (χ0v) is 9.96. The molecule has 0 atom stereocenters. The van der Waals surface area contributed by atoms with Crippen LogP contribution in [0.1, 0.15) is 17.3 Å². The molecule has 0 unspecified atom stereocenters. The largest absolute Gasteiger partial charge is 0.462 e. The molecule has 0 aliphatic carbocycles. The van der Waals surface area contributed by atoms with Gasteiger partial charge < -0.3 is 9.14 Å². The molecular formula is C14H12N2O2. The molecule has 3 aromatic rings. The Morgan fingerprint density at radius 3 is 2.94 bits per heavy atom. The van der Waals surface area contributed by atoms with E-state index in [0.717, 1.165) is 16.6 Å². The number of ether oxygens (including phenoxy) is 1. The Morgan fingerprint density at radius 1 is 1.28 bits per heavy atom. The summed E-state index contributed by atoms with van der Waals surface area (Å²) in [6.45, 7) is 2.17. The number of carbonyl (C=O) groups is 1. The Morgan fingerprint density at radius 2 is 2.11 bits per heavy atom. The van der Waals surface area contributed by atoms with Gasteiger partial charge in [0.1, 0.15) is 0 Å². The molecule has 0 bridgehead atoms. The highest BCUT2D eigenvalue weighted by Gasteiger charge is 2.13. The molecule has 0 saturated heterocycles. The van der Waals surface area contributed by atoms with Gasteiger partial charge in [-0.3, -0.25) is 4.98 Å². The van der Waals surface area contributed by atoms with E-state index in [-0.39, 0.29) is 5.97 Å². The summed E-state index contributed by atoms with van der Waals surface area (Å²) in [5, 5.41) is 0. The minimum absolute atomic E-state index is 0.308. The molecule has 0 fully saturated rings.